The second-order valence-electron chi connectivity index (χ2n) is 8.71. The first-order chi connectivity index (χ1) is 16.1. The maximum absolute atomic E-state index is 12.6. The molecule has 1 heterocycles. The van der Waals surface area contributed by atoms with Crippen LogP contribution in [0.5, 0.6) is 0 Å². The molecule has 2 unspecified atom stereocenters. The molecular weight excluding hydrogens is 424 g/mol. The Morgan fingerprint density at radius 2 is 1.48 bits per heavy atom. The summed E-state index contributed by atoms with van der Waals surface area (Å²) in [5.41, 5.74) is 0. The van der Waals surface area contributed by atoms with Gasteiger partial charge in [-0.3, -0.25) is 14.4 Å². The Morgan fingerprint density at radius 1 is 0.818 bits per heavy atom. The molecule has 0 saturated carbocycles. The number of Topliss-reactive ketones (excluding diaryl/α,β-unsaturated/α-hetero) is 1. The van der Waals surface area contributed by atoms with E-state index in [1.54, 1.807) is 13.8 Å². The average molecular weight is 471 g/mol. The SMILES string of the molecule is CCOC(=O)CCCCCC(C(=O)CCCCCCCCOC1CCCCO1)C(=O)OCC. The lowest BCUT2D eigenvalue weighted by Crippen LogP contribution is -2.26. The van der Waals surface area contributed by atoms with Crippen LogP contribution >= 0.6 is 0 Å². The van der Waals surface area contributed by atoms with Gasteiger partial charge in [-0.05, 0) is 58.8 Å². The predicted molar refractivity (Wildman–Crippen MR) is 127 cm³/mol. The summed E-state index contributed by atoms with van der Waals surface area (Å²) < 4.78 is 21.3. The van der Waals surface area contributed by atoms with Crippen LogP contribution in [0.1, 0.15) is 110 Å². The lowest BCUT2D eigenvalue weighted by molar-refractivity contribution is -0.162. The molecule has 0 aromatic rings. The molecule has 0 amide bonds. The molecule has 1 aliphatic rings. The summed E-state index contributed by atoms with van der Waals surface area (Å²) in [6.07, 6.45) is 13.0. The quantitative estimate of drug-likeness (QED) is 0.131. The monoisotopic (exact) mass is 470 g/mol. The molecule has 0 spiro atoms. The van der Waals surface area contributed by atoms with Crippen molar-refractivity contribution in [3.05, 3.63) is 0 Å². The zero-order valence-corrected chi connectivity index (χ0v) is 20.9. The van der Waals surface area contributed by atoms with Crippen LogP contribution in [0.2, 0.25) is 0 Å². The van der Waals surface area contributed by atoms with Gasteiger partial charge in [0.05, 0.1) is 13.2 Å². The van der Waals surface area contributed by atoms with Crippen molar-refractivity contribution >= 4 is 17.7 Å². The van der Waals surface area contributed by atoms with Crippen LogP contribution in [-0.2, 0) is 33.3 Å². The van der Waals surface area contributed by atoms with Gasteiger partial charge in [-0.25, -0.2) is 0 Å². The first kappa shape index (κ1) is 29.6. The summed E-state index contributed by atoms with van der Waals surface area (Å²) >= 11 is 0. The van der Waals surface area contributed by atoms with Crippen LogP contribution in [0.4, 0.5) is 0 Å². The molecule has 7 nitrogen and oxygen atoms in total. The van der Waals surface area contributed by atoms with Crippen molar-refractivity contribution in [2.24, 2.45) is 5.92 Å². The van der Waals surface area contributed by atoms with Crippen molar-refractivity contribution in [3.63, 3.8) is 0 Å². The van der Waals surface area contributed by atoms with Crippen molar-refractivity contribution in [1.82, 2.24) is 0 Å². The van der Waals surface area contributed by atoms with E-state index < -0.39 is 11.9 Å². The fourth-order valence-electron chi connectivity index (χ4n) is 4.02. The van der Waals surface area contributed by atoms with Crippen LogP contribution in [0.3, 0.4) is 0 Å². The minimum absolute atomic E-state index is 0.00493. The Labute approximate surface area is 200 Å². The molecule has 33 heavy (non-hydrogen) atoms. The lowest BCUT2D eigenvalue weighted by atomic mass is 9.93. The third kappa shape index (κ3) is 15.1. The van der Waals surface area contributed by atoms with Crippen molar-refractivity contribution in [2.75, 3.05) is 26.4 Å². The number of carbonyl (C=O) groups excluding carboxylic acids is 3. The van der Waals surface area contributed by atoms with E-state index in [0.29, 0.717) is 32.3 Å². The third-order valence-electron chi connectivity index (χ3n) is 5.90. The highest BCUT2D eigenvalue weighted by Gasteiger charge is 2.26. The summed E-state index contributed by atoms with van der Waals surface area (Å²) in [7, 11) is 0. The summed E-state index contributed by atoms with van der Waals surface area (Å²) in [5, 5.41) is 0. The highest BCUT2D eigenvalue weighted by molar-refractivity contribution is 5.98. The zero-order chi connectivity index (χ0) is 24.2. The topological polar surface area (TPSA) is 88.1 Å². The molecule has 7 heteroatoms. The summed E-state index contributed by atoms with van der Waals surface area (Å²) in [6, 6.07) is 0. The number of rotatable bonds is 20. The van der Waals surface area contributed by atoms with Gasteiger partial charge in [0.2, 0.25) is 0 Å². The highest BCUT2D eigenvalue weighted by Crippen LogP contribution is 2.19. The van der Waals surface area contributed by atoms with Gasteiger partial charge < -0.3 is 18.9 Å². The highest BCUT2D eigenvalue weighted by atomic mass is 16.7. The van der Waals surface area contributed by atoms with Gasteiger partial charge in [0.1, 0.15) is 11.7 Å². The molecule has 1 rings (SSSR count). The number of unbranched alkanes of at least 4 members (excludes halogenated alkanes) is 7. The number of ether oxygens (including phenoxy) is 4. The van der Waals surface area contributed by atoms with E-state index in [4.69, 9.17) is 18.9 Å². The molecule has 1 fully saturated rings. The number of ketones is 1. The molecule has 1 aliphatic heterocycles. The first-order valence-corrected chi connectivity index (χ1v) is 13.2. The standard InChI is InChI=1S/C26H46O7/c1-3-30-24(28)18-12-9-10-16-22(26(29)31-4-2)23(27)17-11-7-5-6-8-14-20-32-25-19-13-15-21-33-25/h22,25H,3-21H2,1-2H3. The van der Waals surface area contributed by atoms with E-state index in [1.807, 2.05) is 0 Å². The second kappa shape index (κ2) is 20.0. The zero-order valence-electron chi connectivity index (χ0n) is 20.9. The van der Waals surface area contributed by atoms with Crippen LogP contribution in [0.15, 0.2) is 0 Å². The van der Waals surface area contributed by atoms with Gasteiger partial charge in [0.15, 0.2) is 6.29 Å². The second-order valence-corrected chi connectivity index (χ2v) is 8.71. The van der Waals surface area contributed by atoms with E-state index in [0.717, 1.165) is 77.4 Å². The Bertz CT molecular complexity index is 529. The van der Waals surface area contributed by atoms with Gasteiger partial charge in [-0.1, -0.05) is 38.5 Å². The van der Waals surface area contributed by atoms with Crippen molar-refractivity contribution < 1.29 is 33.3 Å². The number of carbonyl (C=O) groups is 3. The van der Waals surface area contributed by atoms with Crippen LogP contribution < -0.4 is 0 Å². The third-order valence-corrected chi connectivity index (χ3v) is 5.90. The smallest absolute Gasteiger partial charge is 0.316 e. The summed E-state index contributed by atoms with van der Waals surface area (Å²) in [5.74, 6) is -1.29. The van der Waals surface area contributed by atoms with Gasteiger partial charge >= 0.3 is 11.9 Å². The molecule has 0 bridgehead atoms. The molecule has 0 aromatic carbocycles. The van der Waals surface area contributed by atoms with E-state index in [2.05, 4.69) is 0 Å². The number of hydrogen-bond donors (Lipinski definition) is 0. The van der Waals surface area contributed by atoms with E-state index in [-0.39, 0.29) is 24.6 Å². The summed E-state index contributed by atoms with van der Waals surface area (Å²) in [6.45, 7) is 5.79. The van der Waals surface area contributed by atoms with Gasteiger partial charge in [0.25, 0.3) is 0 Å². The maximum Gasteiger partial charge on any atom is 0.316 e. The fraction of sp³-hybridized carbons (Fsp3) is 0.885. The van der Waals surface area contributed by atoms with Crippen LogP contribution in [-0.4, -0.2) is 50.4 Å². The molecule has 0 N–H and O–H groups in total. The average Bonchev–Trinajstić information content (AvgIpc) is 2.81. The van der Waals surface area contributed by atoms with Gasteiger partial charge in [-0.2, -0.15) is 0 Å². The van der Waals surface area contributed by atoms with Crippen molar-refractivity contribution in [3.8, 4) is 0 Å². The van der Waals surface area contributed by atoms with Gasteiger partial charge in [-0.15, -0.1) is 0 Å². The first-order valence-electron chi connectivity index (χ1n) is 13.2. The normalized spacial score (nSPS) is 16.8. The predicted octanol–water partition coefficient (Wildman–Crippen LogP) is 5.52. The Morgan fingerprint density at radius 3 is 2.18 bits per heavy atom. The van der Waals surface area contributed by atoms with Crippen LogP contribution in [0.25, 0.3) is 0 Å². The molecule has 192 valence electrons. The lowest BCUT2D eigenvalue weighted by Gasteiger charge is -2.22. The molecule has 0 radical (unpaired) electrons. The molecule has 0 aliphatic carbocycles. The summed E-state index contributed by atoms with van der Waals surface area (Å²) in [4.78, 5) is 36.3. The van der Waals surface area contributed by atoms with Crippen LogP contribution in [0, 0.1) is 5.92 Å². The van der Waals surface area contributed by atoms with Crippen molar-refractivity contribution in [1.29, 1.82) is 0 Å². The molecule has 1 saturated heterocycles. The minimum atomic E-state index is -0.674. The van der Waals surface area contributed by atoms with Crippen molar-refractivity contribution in [2.45, 2.75) is 116 Å². The van der Waals surface area contributed by atoms with E-state index >= 15 is 0 Å². The molecular formula is C26H46O7. The largest absolute Gasteiger partial charge is 0.466 e. The number of hydrogen-bond acceptors (Lipinski definition) is 7. The Kier molecular flexibility index (Phi) is 17.9. The Hall–Kier alpha value is -1.47. The fourth-order valence-corrected chi connectivity index (χ4v) is 4.02. The maximum atomic E-state index is 12.6. The van der Waals surface area contributed by atoms with E-state index in [9.17, 15) is 14.4 Å². The minimum Gasteiger partial charge on any atom is -0.466 e. The molecule has 0 aromatic heterocycles. The Balaban J connectivity index is 2.12. The molecule has 2 atom stereocenters. The number of esters is 2. The van der Waals surface area contributed by atoms with E-state index in [1.165, 1.54) is 6.42 Å². The van der Waals surface area contributed by atoms with Gasteiger partial charge in [0, 0.05) is 26.1 Å².